The molecule has 12 heavy (non-hydrogen) atoms. The standard InChI is InChI=1S/C7H14N2O2.ClH/c1-9(2)7(11)6-3-5(10)4-8-6;/h5-6,8,10H,3-4H2,1-2H3;1H/t5-,6-;/m0./s1. The van der Waals surface area contributed by atoms with Crippen molar-refractivity contribution in [3.8, 4) is 0 Å². The van der Waals surface area contributed by atoms with Gasteiger partial charge in [0.1, 0.15) is 0 Å². The fraction of sp³-hybridized carbons (Fsp3) is 0.857. The molecule has 1 saturated heterocycles. The number of aliphatic hydroxyl groups excluding tert-OH is 1. The molecule has 1 aliphatic heterocycles. The van der Waals surface area contributed by atoms with Crippen LogP contribution in [0.1, 0.15) is 6.42 Å². The maximum absolute atomic E-state index is 11.2. The predicted molar refractivity (Wildman–Crippen MR) is 48.4 cm³/mol. The van der Waals surface area contributed by atoms with E-state index in [0.717, 1.165) is 0 Å². The van der Waals surface area contributed by atoms with Crippen molar-refractivity contribution >= 4 is 18.3 Å². The van der Waals surface area contributed by atoms with Gasteiger partial charge >= 0.3 is 0 Å². The van der Waals surface area contributed by atoms with E-state index in [-0.39, 0.29) is 30.5 Å². The fourth-order valence-electron chi connectivity index (χ4n) is 1.22. The molecule has 2 N–H and O–H groups in total. The van der Waals surface area contributed by atoms with Crippen LogP contribution in [0.5, 0.6) is 0 Å². The van der Waals surface area contributed by atoms with Crippen molar-refractivity contribution < 1.29 is 9.90 Å². The minimum Gasteiger partial charge on any atom is -0.392 e. The Morgan fingerprint density at radius 2 is 2.17 bits per heavy atom. The van der Waals surface area contributed by atoms with E-state index in [4.69, 9.17) is 5.11 Å². The molecule has 4 nitrogen and oxygen atoms in total. The van der Waals surface area contributed by atoms with Crippen LogP contribution in [-0.2, 0) is 4.79 Å². The third kappa shape index (κ3) is 2.62. The second-order valence-electron chi connectivity index (χ2n) is 3.08. The molecule has 2 atom stereocenters. The Morgan fingerprint density at radius 1 is 1.58 bits per heavy atom. The summed E-state index contributed by atoms with van der Waals surface area (Å²) in [4.78, 5) is 12.8. The lowest BCUT2D eigenvalue weighted by Gasteiger charge is -2.15. The third-order valence-corrected chi connectivity index (χ3v) is 1.85. The van der Waals surface area contributed by atoms with Gasteiger partial charge < -0.3 is 15.3 Å². The summed E-state index contributed by atoms with van der Waals surface area (Å²) in [5.74, 6) is 0.0431. The lowest BCUT2D eigenvalue weighted by molar-refractivity contribution is -0.130. The van der Waals surface area contributed by atoms with Crippen molar-refractivity contribution in [3.05, 3.63) is 0 Å². The van der Waals surface area contributed by atoms with Crippen molar-refractivity contribution in [2.24, 2.45) is 0 Å². The second-order valence-corrected chi connectivity index (χ2v) is 3.08. The van der Waals surface area contributed by atoms with Gasteiger partial charge in [-0.2, -0.15) is 0 Å². The lowest BCUT2D eigenvalue weighted by Crippen LogP contribution is -2.39. The van der Waals surface area contributed by atoms with Crippen LogP contribution in [0, 0.1) is 0 Å². The van der Waals surface area contributed by atoms with Crippen LogP contribution in [0.2, 0.25) is 0 Å². The molecular formula is C7H15ClN2O2. The average Bonchev–Trinajstić information content (AvgIpc) is 2.34. The van der Waals surface area contributed by atoms with Crippen molar-refractivity contribution in [2.75, 3.05) is 20.6 Å². The number of rotatable bonds is 1. The fourth-order valence-corrected chi connectivity index (χ4v) is 1.22. The quantitative estimate of drug-likeness (QED) is 0.576. The minimum atomic E-state index is -0.358. The number of carbonyl (C=O) groups excluding carboxylic acids is 1. The zero-order valence-corrected chi connectivity index (χ0v) is 8.10. The van der Waals surface area contributed by atoms with Crippen LogP contribution >= 0.6 is 12.4 Å². The van der Waals surface area contributed by atoms with Crippen LogP contribution in [0.25, 0.3) is 0 Å². The summed E-state index contributed by atoms with van der Waals surface area (Å²) in [7, 11) is 3.43. The highest BCUT2D eigenvalue weighted by atomic mass is 35.5. The Balaban J connectivity index is 0.00000121. The van der Waals surface area contributed by atoms with Gasteiger partial charge in [-0.05, 0) is 6.42 Å². The van der Waals surface area contributed by atoms with Gasteiger partial charge in [-0.1, -0.05) is 0 Å². The molecule has 72 valence electrons. The Morgan fingerprint density at radius 3 is 2.50 bits per heavy atom. The smallest absolute Gasteiger partial charge is 0.239 e. The highest BCUT2D eigenvalue weighted by Crippen LogP contribution is 2.07. The molecular weight excluding hydrogens is 180 g/mol. The zero-order valence-electron chi connectivity index (χ0n) is 7.28. The number of hydrogen-bond acceptors (Lipinski definition) is 3. The summed E-state index contributed by atoms with van der Waals surface area (Å²) in [5.41, 5.74) is 0. The summed E-state index contributed by atoms with van der Waals surface area (Å²) in [6.07, 6.45) is 0.181. The summed E-state index contributed by atoms with van der Waals surface area (Å²) in [5, 5.41) is 12.0. The summed E-state index contributed by atoms with van der Waals surface area (Å²) < 4.78 is 0. The number of aliphatic hydroxyl groups is 1. The van der Waals surface area contributed by atoms with Crippen molar-refractivity contribution in [3.63, 3.8) is 0 Å². The number of hydrogen-bond donors (Lipinski definition) is 2. The van der Waals surface area contributed by atoms with Crippen LogP contribution in [0.15, 0.2) is 0 Å². The number of amides is 1. The molecule has 1 heterocycles. The Hall–Kier alpha value is -0.320. The molecule has 0 spiro atoms. The predicted octanol–water partition coefficient (Wildman–Crippen LogP) is -0.781. The topological polar surface area (TPSA) is 52.6 Å². The van der Waals surface area contributed by atoms with Gasteiger partial charge in [-0.15, -0.1) is 12.4 Å². The zero-order chi connectivity index (χ0) is 8.43. The van der Waals surface area contributed by atoms with E-state index in [0.29, 0.717) is 13.0 Å². The molecule has 0 aromatic carbocycles. The SMILES string of the molecule is CN(C)C(=O)[C@@H]1C[C@H](O)CN1.Cl. The number of carbonyl (C=O) groups is 1. The maximum atomic E-state index is 11.2. The first-order chi connectivity index (χ1) is 5.11. The largest absolute Gasteiger partial charge is 0.392 e. The van der Waals surface area contributed by atoms with E-state index in [1.165, 1.54) is 4.90 Å². The molecule has 0 aromatic rings. The molecule has 0 aromatic heterocycles. The number of nitrogens with one attached hydrogen (secondary N) is 1. The van der Waals surface area contributed by atoms with Gasteiger partial charge in [0.15, 0.2) is 0 Å². The summed E-state index contributed by atoms with van der Waals surface area (Å²) in [6.45, 7) is 0.532. The first-order valence-electron chi connectivity index (χ1n) is 3.74. The van der Waals surface area contributed by atoms with Gasteiger partial charge in [0.2, 0.25) is 5.91 Å². The van der Waals surface area contributed by atoms with Crippen molar-refractivity contribution in [2.45, 2.75) is 18.6 Å². The van der Waals surface area contributed by atoms with E-state index in [1.807, 2.05) is 0 Å². The Kier molecular flexibility index (Phi) is 4.52. The van der Waals surface area contributed by atoms with Gasteiger partial charge in [-0.25, -0.2) is 0 Å². The molecule has 5 heteroatoms. The summed E-state index contributed by atoms with van der Waals surface area (Å²) in [6, 6.07) is -0.181. The molecule has 0 radical (unpaired) electrons. The van der Waals surface area contributed by atoms with Crippen molar-refractivity contribution in [1.29, 1.82) is 0 Å². The van der Waals surface area contributed by atoms with Crippen LogP contribution in [0.3, 0.4) is 0 Å². The Labute approximate surface area is 78.3 Å². The summed E-state index contributed by atoms with van der Waals surface area (Å²) >= 11 is 0. The average molecular weight is 195 g/mol. The van der Waals surface area contributed by atoms with Crippen LogP contribution in [-0.4, -0.2) is 48.7 Å². The molecule has 1 rings (SSSR count). The van der Waals surface area contributed by atoms with E-state index in [9.17, 15) is 4.79 Å². The minimum absolute atomic E-state index is 0. The highest BCUT2D eigenvalue weighted by Gasteiger charge is 2.28. The first kappa shape index (κ1) is 11.7. The van der Waals surface area contributed by atoms with E-state index >= 15 is 0 Å². The maximum Gasteiger partial charge on any atom is 0.239 e. The van der Waals surface area contributed by atoms with Crippen LogP contribution in [0.4, 0.5) is 0 Å². The molecule has 0 unspecified atom stereocenters. The van der Waals surface area contributed by atoms with E-state index in [2.05, 4.69) is 5.32 Å². The normalized spacial score (nSPS) is 27.9. The van der Waals surface area contributed by atoms with Crippen molar-refractivity contribution in [1.82, 2.24) is 10.2 Å². The van der Waals surface area contributed by atoms with Gasteiger partial charge in [0.05, 0.1) is 12.1 Å². The second kappa shape index (κ2) is 4.64. The number of halogens is 1. The molecule has 1 fully saturated rings. The van der Waals surface area contributed by atoms with E-state index < -0.39 is 0 Å². The molecule has 1 aliphatic rings. The first-order valence-corrected chi connectivity index (χ1v) is 3.74. The van der Waals surface area contributed by atoms with Gasteiger partial charge in [0, 0.05) is 20.6 Å². The number of nitrogens with zero attached hydrogens (tertiary/aromatic N) is 1. The molecule has 0 bridgehead atoms. The van der Waals surface area contributed by atoms with E-state index in [1.54, 1.807) is 14.1 Å². The number of likely N-dealkylation sites (N-methyl/N-ethyl adjacent to an activating group) is 1. The third-order valence-electron chi connectivity index (χ3n) is 1.85. The Bertz CT molecular complexity index is 163. The molecule has 1 amide bonds. The van der Waals surface area contributed by atoms with Crippen LogP contribution < -0.4 is 5.32 Å². The highest BCUT2D eigenvalue weighted by molar-refractivity contribution is 5.85. The van der Waals surface area contributed by atoms with Gasteiger partial charge in [0.25, 0.3) is 0 Å². The molecule has 0 aliphatic carbocycles. The number of β-amino-alcohol motifs (C(OH)–C–C–N with tert-alkyl or cyclic N) is 1. The lowest BCUT2D eigenvalue weighted by atomic mass is 10.2. The van der Waals surface area contributed by atoms with Gasteiger partial charge in [-0.3, -0.25) is 4.79 Å². The molecule has 0 saturated carbocycles. The monoisotopic (exact) mass is 194 g/mol.